The third kappa shape index (κ3) is 6.61. The Morgan fingerprint density at radius 2 is 1.90 bits per heavy atom. The van der Waals surface area contributed by atoms with Crippen molar-refractivity contribution in [1.29, 1.82) is 0 Å². The number of carbonyl (C=O) groups is 2. The quantitative estimate of drug-likeness (QED) is 0.760. The van der Waals surface area contributed by atoms with Crippen molar-refractivity contribution >= 4 is 29.3 Å². The van der Waals surface area contributed by atoms with Crippen LogP contribution in [0.15, 0.2) is 29.2 Å². The van der Waals surface area contributed by atoms with Crippen LogP contribution in [0.2, 0.25) is 0 Å². The highest BCUT2D eigenvalue weighted by molar-refractivity contribution is 8.00. The van der Waals surface area contributed by atoms with Crippen LogP contribution < -0.4 is 10.6 Å². The van der Waals surface area contributed by atoms with Gasteiger partial charge in [-0.3, -0.25) is 9.59 Å². The predicted molar refractivity (Wildman–Crippen MR) is 84.0 cm³/mol. The fourth-order valence-corrected chi connectivity index (χ4v) is 2.52. The van der Waals surface area contributed by atoms with Crippen molar-refractivity contribution in [3.05, 3.63) is 24.3 Å². The SMILES string of the molecule is CCCC(C)NC(=O)CSc1ccc(NC(C)=O)cc1. The molecule has 0 saturated carbocycles. The van der Waals surface area contributed by atoms with E-state index in [1.54, 1.807) is 0 Å². The van der Waals surface area contributed by atoms with Crippen molar-refractivity contribution in [1.82, 2.24) is 5.32 Å². The maximum Gasteiger partial charge on any atom is 0.230 e. The van der Waals surface area contributed by atoms with Gasteiger partial charge in [0, 0.05) is 23.5 Å². The minimum Gasteiger partial charge on any atom is -0.353 e. The average Bonchev–Trinajstić information content (AvgIpc) is 2.37. The second-order valence-electron chi connectivity index (χ2n) is 4.75. The fraction of sp³-hybridized carbons (Fsp3) is 0.467. The molecule has 4 nitrogen and oxygen atoms in total. The number of hydrogen-bond acceptors (Lipinski definition) is 3. The molecular weight excluding hydrogens is 272 g/mol. The first kappa shape index (κ1) is 16.6. The smallest absolute Gasteiger partial charge is 0.230 e. The van der Waals surface area contributed by atoms with Gasteiger partial charge in [-0.1, -0.05) is 13.3 Å². The summed E-state index contributed by atoms with van der Waals surface area (Å²) in [5.74, 6) is 0.379. The van der Waals surface area contributed by atoms with Crippen LogP contribution in [0.1, 0.15) is 33.6 Å². The number of hydrogen-bond donors (Lipinski definition) is 2. The summed E-state index contributed by atoms with van der Waals surface area (Å²) in [6, 6.07) is 7.70. The highest BCUT2D eigenvalue weighted by Crippen LogP contribution is 2.20. The van der Waals surface area contributed by atoms with Crippen molar-refractivity contribution in [3.8, 4) is 0 Å². The monoisotopic (exact) mass is 294 g/mol. The van der Waals surface area contributed by atoms with E-state index in [0.29, 0.717) is 5.75 Å². The van der Waals surface area contributed by atoms with E-state index >= 15 is 0 Å². The number of carbonyl (C=O) groups excluding carboxylic acids is 2. The van der Waals surface area contributed by atoms with E-state index in [1.807, 2.05) is 31.2 Å². The Morgan fingerprint density at radius 3 is 2.45 bits per heavy atom. The zero-order chi connectivity index (χ0) is 15.0. The third-order valence-corrected chi connectivity index (χ3v) is 3.69. The van der Waals surface area contributed by atoms with Crippen molar-refractivity contribution in [2.45, 2.75) is 44.6 Å². The van der Waals surface area contributed by atoms with Crippen LogP contribution in [0.4, 0.5) is 5.69 Å². The standard InChI is InChI=1S/C15H22N2O2S/c1-4-5-11(2)16-15(19)10-20-14-8-6-13(7-9-14)17-12(3)18/h6-9,11H,4-5,10H2,1-3H3,(H,16,19)(H,17,18). The van der Waals surface area contributed by atoms with Gasteiger partial charge in [-0.15, -0.1) is 11.8 Å². The average molecular weight is 294 g/mol. The van der Waals surface area contributed by atoms with E-state index in [4.69, 9.17) is 0 Å². The molecule has 0 bridgehead atoms. The number of benzene rings is 1. The van der Waals surface area contributed by atoms with Gasteiger partial charge >= 0.3 is 0 Å². The number of thioether (sulfide) groups is 1. The molecule has 1 aromatic rings. The first-order valence-corrected chi connectivity index (χ1v) is 7.79. The second-order valence-corrected chi connectivity index (χ2v) is 5.80. The molecular formula is C15H22N2O2S. The molecule has 0 spiro atoms. The highest BCUT2D eigenvalue weighted by atomic mass is 32.2. The maximum absolute atomic E-state index is 11.7. The van der Waals surface area contributed by atoms with Gasteiger partial charge in [0.2, 0.25) is 11.8 Å². The normalized spacial score (nSPS) is 11.8. The van der Waals surface area contributed by atoms with Crippen LogP contribution in [-0.2, 0) is 9.59 Å². The van der Waals surface area contributed by atoms with E-state index in [0.717, 1.165) is 23.4 Å². The van der Waals surface area contributed by atoms with Crippen molar-refractivity contribution in [3.63, 3.8) is 0 Å². The topological polar surface area (TPSA) is 58.2 Å². The van der Waals surface area contributed by atoms with Gasteiger partial charge in [0.05, 0.1) is 5.75 Å². The Kier molecular flexibility index (Phi) is 7.15. The number of amides is 2. The molecule has 110 valence electrons. The van der Waals surface area contributed by atoms with E-state index in [-0.39, 0.29) is 17.9 Å². The maximum atomic E-state index is 11.7. The van der Waals surface area contributed by atoms with Crippen LogP contribution >= 0.6 is 11.8 Å². The molecule has 1 aromatic carbocycles. The first-order valence-electron chi connectivity index (χ1n) is 6.81. The predicted octanol–water partition coefficient (Wildman–Crippen LogP) is 3.04. The van der Waals surface area contributed by atoms with Crippen molar-refractivity contribution in [2.24, 2.45) is 0 Å². The molecule has 0 fully saturated rings. The van der Waals surface area contributed by atoms with Gasteiger partial charge in [-0.25, -0.2) is 0 Å². The molecule has 0 aromatic heterocycles. The molecule has 5 heteroatoms. The summed E-state index contributed by atoms with van der Waals surface area (Å²) in [5, 5.41) is 5.68. The Labute approximate surface area is 124 Å². The molecule has 0 saturated heterocycles. The summed E-state index contributed by atoms with van der Waals surface area (Å²) in [6.07, 6.45) is 2.07. The zero-order valence-electron chi connectivity index (χ0n) is 12.2. The Hall–Kier alpha value is -1.49. The van der Waals surface area contributed by atoms with E-state index in [2.05, 4.69) is 17.6 Å². The van der Waals surface area contributed by atoms with Crippen LogP contribution in [0, 0.1) is 0 Å². The fourth-order valence-electron chi connectivity index (χ4n) is 1.81. The third-order valence-electron chi connectivity index (χ3n) is 2.67. The molecule has 0 heterocycles. The van der Waals surface area contributed by atoms with E-state index in [1.165, 1.54) is 18.7 Å². The van der Waals surface area contributed by atoms with Gasteiger partial charge in [-0.2, -0.15) is 0 Å². The molecule has 0 aliphatic rings. The zero-order valence-corrected chi connectivity index (χ0v) is 13.0. The number of anilines is 1. The lowest BCUT2D eigenvalue weighted by Gasteiger charge is -2.12. The van der Waals surface area contributed by atoms with E-state index in [9.17, 15) is 9.59 Å². The molecule has 0 aliphatic carbocycles. The molecule has 20 heavy (non-hydrogen) atoms. The van der Waals surface area contributed by atoms with Crippen molar-refractivity contribution < 1.29 is 9.59 Å². The largest absolute Gasteiger partial charge is 0.353 e. The summed E-state index contributed by atoms with van der Waals surface area (Å²) in [4.78, 5) is 23.6. The lowest BCUT2D eigenvalue weighted by atomic mass is 10.2. The first-order chi connectivity index (χ1) is 9.51. The van der Waals surface area contributed by atoms with Gasteiger partial charge < -0.3 is 10.6 Å². The number of rotatable bonds is 7. The van der Waals surface area contributed by atoms with E-state index < -0.39 is 0 Å². The molecule has 1 rings (SSSR count). The lowest BCUT2D eigenvalue weighted by molar-refractivity contribution is -0.119. The molecule has 0 radical (unpaired) electrons. The lowest BCUT2D eigenvalue weighted by Crippen LogP contribution is -2.33. The summed E-state index contributed by atoms with van der Waals surface area (Å²) < 4.78 is 0. The Balaban J connectivity index is 2.38. The highest BCUT2D eigenvalue weighted by Gasteiger charge is 2.07. The molecule has 0 aliphatic heterocycles. The minimum atomic E-state index is -0.0882. The van der Waals surface area contributed by atoms with Crippen LogP contribution in [-0.4, -0.2) is 23.6 Å². The molecule has 2 amide bonds. The van der Waals surface area contributed by atoms with Gasteiger partial charge in [0.15, 0.2) is 0 Å². The van der Waals surface area contributed by atoms with Crippen molar-refractivity contribution in [2.75, 3.05) is 11.1 Å². The minimum absolute atomic E-state index is 0.0573. The van der Waals surface area contributed by atoms with Crippen LogP contribution in [0.25, 0.3) is 0 Å². The Morgan fingerprint density at radius 1 is 1.25 bits per heavy atom. The molecule has 1 unspecified atom stereocenters. The second kappa shape index (κ2) is 8.64. The molecule has 2 N–H and O–H groups in total. The summed E-state index contributed by atoms with van der Waals surface area (Å²) in [6.45, 7) is 5.60. The summed E-state index contributed by atoms with van der Waals surface area (Å²) in [5.41, 5.74) is 0.767. The van der Waals surface area contributed by atoms with Gasteiger partial charge in [0.1, 0.15) is 0 Å². The molecule has 1 atom stereocenters. The van der Waals surface area contributed by atoms with Gasteiger partial charge in [0.25, 0.3) is 0 Å². The van der Waals surface area contributed by atoms with Crippen LogP contribution in [0.3, 0.4) is 0 Å². The Bertz CT molecular complexity index is 446. The van der Waals surface area contributed by atoms with Crippen LogP contribution in [0.5, 0.6) is 0 Å². The van der Waals surface area contributed by atoms with Gasteiger partial charge in [-0.05, 0) is 37.6 Å². The summed E-state index contributed by atoms with van der Waals surface area (Å²) in [7, 11) is 0. The number of nitrogens with one attached hydrogen (secondary N) is 2. The summed E-state index contributed by atoms with van der Waals surface area (Å²) >= 11 is 1.49.